The molecule has 150 valence electrons. The van der Waals surface area contributed by atoms with Crippen molar-refractivity contribution in [3.63, 3.8) is 0 Å². The van der Waals surface area contributed by atoms with Gasteiger partial charge < -0.3 is 10.2 Å². The average Bonchev–Trinajstić information content (AvgIpc) is 2.75. The highest BCUT2D eigenvalue weighted by Crippen LogP contribution is 2.17. The van der Waals surface area contributed by atoms with Crippen LogP contribution in [-0.2, 0) is 10.0 Å². The van der Waals surface area contributed by atoms with Crippen molar-refractivity contribution in [2.45, 2.75) is 17.7 Å². The summed E-state index contributed by atoms with van der Waals surface area (Å²) in [6.45, 7) is 4.07. The molecular formula is C21H27N3O3S. The molecule has 6 nitrogen and oxygen atoms in total. The molecule has 0 unspecified atom stereocenters. The molecule has 2 aromatic rings. The third-order valence-electron chi connectivity index (χ3n) is 4.93. The van der Waals surface area contributed by atoms with Crippen molar-refractivity contribution in [2.24, 2.45) is 0 Å². The lowest BCUT2D eigenvalue weighted by atomic mass is 10.2. The van der Waals surface area contributed by atoms with Gasteiger partial charge >= 0.3 is 0 Å². The minimum atomic E-state index is -3.39. The molecule has 28 heavy (non-hydrogen) atoms. The fourth-order valence-electron chi connectivity index (χ4n) is 3.29. The second-order valence-corrected chi connectivity index (χ2v) is 8.83. The van der Waals surface area contributed by atoms with Crippen LogP contribution < -0.4 is 5.32 Å². The Balaban J connectivity index is 1.34. The summed E-state index contributed by atoms with van der Waals surface area (Å²) in [5, 5.41) is 2.94. The molecule has 0 bridgehead atoms. The number of rotatable bonds is 8. The molecule has 1 saturated heterocycles. The maximum atomic E-state index is 12.6. The van der Waals surface area contributed by atoms with Gasteiger partial charge in [0.25, 0.3) is 5.91 Å². The minimum absolute atomic E-state index is 0.0414. The smallest absolute Gasteiger partial charge is 0.251 e. The van der Waals surface area contributed by atoms with Gasteiger partial charge in [0, 0.05) is 38.3 Å². The van der Waals surface area contributed by atoms with E-state index in [0.29, 0.717) is 30.1 Å². The second-order valence-electron chi connectivity index (χ2n) is 6.89. The topological polar surface area (TPSA) is 69.7 Å². The molecule has 0 saturated carbocycles. The van der Waals surface area contributed by atoms with Gasteiger partial charge in [-0.15, -0.1) is 0 Å². The summed E-state index contributed by atoms with van der Waals surface area (Å²) >= 11 is 0. The molecule has 1 aliphatic rings. The van der Waals surface area contributed by atoms with E-state index in [1.54, 1.807) is 40.7 Å². The van der Waals surface area contributed by atoms with Gasteiger partial charge in [0.15, 0.2) is 0 Å². The van der Waals surface area contributed by atoms with Gasteiger partial charge in [0.05, 0.1) is 4.90 Å². The van der Waals surface area contributed by atoms with E-state index >= 15 is 0 Å². The van der Waals surface area contributed by atoms with Gasteiger partial charge in [0.1, 0.15) is 0 Å². The van der Waals surface area contributed by atoms with Gasteiger partial charge in [-0.25, -0.2) is 8.42 Å². The fraction of sp³-hybridized carbons (Fsp3) is 0.381. The van der Waals surface area contributed by atoms with E-state index in [4.69, 9.17) is 0 Å². The zero-order valence-electron chi connectivity index (χ0n) is 16.0. The normalized spacial score (nSPS) is 16.0. The van der Waals surface area contributed by atoms with Gasteiger partial charge in [-0.1, -0.05) is 36.4 Å². The van der Waals surface area contributed by atoms with Crippen LogP contribution in [0.15, 0.2) is 65.6 Å². The van der Waals surface area contributed by atoms with Crippen molar-refractivity contribution in [1.82, 2.24) is 14.5 Å². The van der Waals surface area contributed by atoms with E-state index in [-0.39, 0.29) is 5.91 Å². The maximum absolute atomic E-state index is 12.6. The number of unbranched alkanes of at least 4 members (excludes halogenated alkanes) is 1. The lowest BCUT2D eigenvalue weighted by Crippen LogP contribution is -2.48. The largest absolute Gasteiger partial charge is 0.352 e. The predicted octanol–water partition coefficient (Wildman–Crippen LogP) is 2.20. The molecule has 3 rings (SSSR count). The second kappa shape index (κ2) is 9.82. The first-order valence-electron chi connectivity index (χ1n) is 9.68. The number of piperazine rings is 1. The highest BCUT2D eigenvalue weighted by atomic mass is 32.2. The highest BCUT2D eigenvalue weighted by Gasteiger charge is 2.27. The van der Waals surface area contributed by atoms with Crippen molar-refractivity contribution in [1.29, 1.82) is 0 Å². The number of hydrogen-bond donors (Lipinski definition) is 1. The Bertz CT molecular complexity index is 849. The van der Waals surface area contributed by atoms with Crippen LogP contribution in [0.2, 0.25) is 0 Å². The van der Waals surface area contributed by atoms with E-state index in [1.165, 1.54) is 0 Å². The van der Waals surface area contributed by atoms with Crippen LogP contribution in [0.3, 0.4) is 0 Å². The molecule has 0 radical (unpaired) electrons. The van der Waals surface area contributed by atoms with E-state index in [1.807, 2.05) is 24.3 Å². The first-order valence-corrected chi connectivity index (χ1v) is 11.1. The standard InChI is InChI=1S/C21H27N3O3S/c25-21(19-9-3-1-4-10-19)22-13-7-8-14-23-15-17-24(18-16-23)28(26,27)20-11-5-2-6-12-20/h1-6,9-12H,7-8,13-18H2,(H,22,25). The van der Waals surface area contributed by atoms with E-state index in [2.05, 4.69) is 10.2 Å². The van der Waals surface area contributed by atoms with Crippen LogP contribution in [-0.4, -0.2) is 62.8 Å². The number of amides is 1. The summed E-state index contributed by atoms with van der Waals surface area (Å²) in [7, 11) is -3.39. The Morgan fingerprint density at radius 3 is 2.11 bits per heavy atom. The maximum Gasteiger partial charge on any atom is 0.251 e. The Labute approximate surface area is 167 Å². The average molecular weight is 402 g/mol. The van der Waals surface area contributed by atoms with Crippen molar-refractivity contribution in [2.75, 3.05) is 39.3 Å². The van der Waals surface area contributed by atoms with Gasteiger partial charge in [-0.3, -0.25) is 4.79 Å². The van der Waals surface area contributed by atoms with Crippen molar-refractivity contribution in [3.8, 4) is 0 Å². The molecule has 0 aliphatic carbocycles. The van der Waals surface area contributed by atoms with Crippen LogP contribution in [0.1, 0.15) is 23.2 Å². The molecule has 2 aromatic carbocycles. The highest BCUT2D eigenvalue weighted by molar-refractivity contribution is 7.89. The van der Waals surface area contributed by atoms with E-state index in [9.17, 15) is 13.2 Å². The van der Waals surface area contributed by atoms with Crippen molar-refractivity contribution >= 4 is 15.9 Å². The summed E-state index contributed by atoms with van der Waals surface area (Å²) in [6, 6.07) is 17.8. The Hall–Kier alpha value is -2.22. The minimum Gasteiger partial charge on any atom is -0.352 e. The third kappa shape index (κ3) is 5.41. The predicted molar refractivity (Wildman–Crippen MR) is 110 cm³/mol. The van der Waals surface area contributed by atoms with Crippen LogP contribution in [0, 0.1) is 0 Å². The molecule has 1 N–H and O–H groups in total. The number of carbonyl (C=O) groups is 1. The number of benzene rings is 2. The monoisotopic (exact) mass is 401 g/mol. The lowest BCUT2D eigenvalue weighted by molar-refractivity contribution is 0.0952. The molecule has 1 fully saturated rings. The molecular weight excluding hydrogens is 374 g/mol. The summed E-state index contributed by atoms with van der Waals surface area (Å²) in [5.74, 6) is -0.0414. The summed E-state index contributed by atoms with van der Waals surface area (Å²) < 4.78 is 26.9. The van der Waals surface area contributed by atoms with Crippen LogP contribution in [0.4, 0.5) is 0 Å². The summed E-state index contributed by atoms with van der Waals surface area (Å²) in [4.78, 5) is 14.6. The van der Waals surface area contributed by atoms with Crippen LogP contribution >= 0.6 is 0 Å². The molecule has 0 spiro atoms. The molecule has 0 aromatic heterocycles. The Morgan fingerprint density at radius 2 is 1.46 bits per heavy atom. The van der Waals surface area contributed by atoms with Crippen LogP contribution in [0.5, 0.6) is 0 Å². The summed E-state index contributed by atoms with van der Waals surface area (Å²) in [5.41, 5.74) is 0.679. The molecule has 0 atom stereocenters. The van der Waals surface area contributed by atoms with E-state index in [0.717, 1.165) is 32.5 Å². The summed E-state index contributed by atoms with van der Waals surface area (Å²) in [6.07, 6.45) is 1.88. The number of carbonyl (C=O) groups excluding carboxylic acids is 1. The Morgan fingerprint density at radius 1 is 0.857 bits per heavy atom. The van der Waals surface area contributed by atoms with Gasteiger partial charge in [0.2, 0.25) is 10.0 Å². The van der Waals surface area contributed by atoms with Crippen LogP contribution in [0.25, 0.3) is 0 Å². The molecule has 1 heterocycles. The SMILES string of the molecule is O=C(NCCCCN1CCN(S(=O)(=O)c2ccccc2)CC1)c1ccccc1. The zero-order chi connectivity index (χ0) is 19.8. The lowest BCUT2D eigenvalue weighted by Gasteiger charge is -2.34. The molecule has 7 heteroatoms. The molecule has 1 aliphatic heterocycles. The van der Waals surface area contributed by atoms with Gasteiger partial charge in [-0.2, -0.15) is 4.31 Å². The Kier molecular flexibility index (Phi) is 7.19. The molecule has 1 amide bonds. The number of nitrogens with one attached hydrogen (secondary N) is 1. The third-order valence-corrected chi connectivity index (χ3v) is 6.85. The fourth-order valence-corrected chi connectivity index (χ4v) is 4.73. The first kappa shape index (κ1) is 20.5. The quantitative estimate of drug-likeness (QED) is 0.689. The number of nitrogens with zero attached hydrogens (tertiary/aromatic N) is 2. The van der Waals surface area contributed by atoms with Crippen molar-refractivity contribution in [3.05, 3.63) is 66.2 Å². The van der Waals surface area contributed by atoms with Crippen molar-refractivity contribution < 1.29 is 13.2 Å². The van der Waals surface area contributed by atoms with E-state index < -0.39 is 10.0 Å². The number of hydrogen-bond acceptors (Lipinski definition) is 4. The van der Waals surface area contributed by atoms with Gasteiger partial charge in [-0.05, 0) is 43.7 Å². The number of sulfonamides is 1. The first-order chi connectivity index (χ1) is 13.6. The zero-order valence-corrected chi connectivity index (χ0v) is 16.8.